The summed E-state index contributed by atoms with van der Waals surface area (Å²) in [5, 5.41) is 0. The summed E-state index contributed by atoms with van der Waals surface area (Å²) in [7, 11) is -2.79. The van der Waals surface area contributed by atoms with Gasteiger partial charge < -0.3 is 4.74 Å². The third kappa shape index (κ3) is 5.10. The molecule has 1 aromatic rings. The van der Waals surface area contributed by atoms with Crippen LogP contribution in [0.25, 0.3) is 0 Å². The number of halogens is 3. The number of hydrogen-bond acceptors (Lipinski definition) is 5. The monoisotopic (exact) mass is 446 g/mol. The van der Waals surface area contributed by atoms with Gasteiger partial charge in [0.1, 0.15) is 12.4 Å². The lowest BCUT2D eigenvalue weighted by molar-refractivity contribution is -0.182. The Morgan fingerprint density at radius 2 is 1.80 bits per heavy atom. The summed E-state index contributed by atoms with van der Waals surface area (Å²) >= 11 is 0. The van der Waals surface area contributed by atoms with Crippen molar-refractivity contribution < 1.29 is 26.3 Å². The third-order valence-corrected chi connectivity index (χ3v) is 9.11. The zero-order valence-electron chi connectivity index (χ0n) is 17.0. The van der Waals surface area contributed by atoms with Crippen molar-refractivity contribution in [3.8, 4) is 5.75 Å². The first-order chi connectivity index (χ1) is 14.1. The van der Waals surface area contributed by atoms with Gasteiger partial charge >= 0.3 is 6.18 Å². The van der Waals surface area contributed by atoms with Crippen LogP contribution in [0, 0.1) is 11.3 Å². The van der Waals surface area contributed by atoms with Crippen molar-refractivity contribution >= 4 is 9.84 Å². The molecule has 3 fully saturated rings. The highest BCUT2D eigenvalue weighted by molar-refractivity contribution is 7.92. The molecule has 1 saturated carbocycles. The summed E-state index contributed by atoms with van der Waals surface area (Å²) in [6.45, 7) is 3.08. The first kappa shape index (κ1) is 21.9. The molecule has 0 unspecified atom stereocenters. The Morgan fingerprint density at radius 1 is 1.13 bits per heavy atom. The van der Waals surface area contributed by atoms with Gasteiger partial charge in [-0.1, -0.05) is 0 Å². The van der Waals surface area contributed by atoms with Crippen LogP contribution in [0.4, 0.5) is 13.2 Å². The van der Waals surface area contributed by atoms with Crippen LogP contribution in [-0.4, -0.2) is 62.2 Å². The van der Waals surface area contributed by atoms with E-state index < -0.39 is 21.9 Å². The molecule has 168 valence electrons. The van der Waals surface area contributed by atoms with Crippen molar-refractivity contribution in [1.82, 2.24) is 9.88 Å². The van der Waals surface area contributed by atoms with Gasteiger partial charge in [-0.25, -0.2) is 8.42 Å². The molecule has 2 aliphatic heterocycles. The molecule has 5 nitrogen and oxygen atoms in total. The van der Waals surface area contributed by atoms with Gasteiger partial charge in [-0.15, -0.1) is 0 Å². The molecule has 1 spiro atoms. The Bertz CT molecular complexity index is 829. The molecule has 0 radical (unpaired) electrons. The fraction of sp³-hybridized carbons (Fsp3) is 0.762. The fourth-order valence-corrected chi connectivity index (χ4v) is 7.54. The van der Waals surface area contributed by atoms with E-state index in [-0.39, 0.29) is 24.2 Å². The van der Waals surface area contributed by atoms with Crippen LogP contribution in [0.2, 0.25) is 0 Å². The van der Waals surface area contributed by atoms with E-state index in [0.717, 1.165) is 38.2 Å². The van der Waals surface area contributed by atoms with Crippen LogP contribution in [0.15, 0.2) is 18.3 Å². The number of alkyl halides is 3. The highest BCUT2D eigenvalue weighted by Gasteiger charge is 2.49. The largest absolute Gasteiger partial charge is 0.492 e. The molecular weight excluding hydrogens is 417 g/mol. The number of aromatic nitrogens is 1. The Balaban J connectivity index is 1.21. The van der Waals surface area contributed by atoms with Gasteiger partial charge in [0.05, 0.1) is 17.4 Å². The summed E-state index contributed by atoms with van der Waals surface area (Å²) in [6.07, 6.45) is 0.764. The fourth-order valence-electron chi connectivity index (χ4n) is 5.18. The standard InChI is InChI=1S/C21H29F3N2O3S/c22-21(23,24)17-3-1-16(2-4-17)19-13-18(5-8-25-19)29-12-11-26-9-6-20(7-10-26)14-30(27,28)15-20/h5,8,13,16-17H,1-4,6-7,9-12,14-15H2/t16-,17+. The van der Waals surface area contributed by atoms with E-state index in [2.05, 4.69) is 9.88 Å². The molecule has 9 heteroatoms. The second-order valence-electron chi connectivity index (χ2n) is 9.23. The smallest absolute Gasteiger partial charge is 0.391 e. The maximum absolute atomic E-state index is 12.9. The van der Waals surface area contributed by atoms with Crippen molar-refractivity contribution in [2.24, 2.45) is 11.3 Å². The van der Waals surface area contributed by atoms with Crippen LogP contribution in [0.1, 0.15) is 50.1 Å². The SMILES string of the molecule is O=S1(=O)CC2(CCN(CCOc3ccnc([C@H]4CC[C@@H](C(F)(F)F)CC4)c3)CC2)C1. The summed E-state index contributed by atoms with van der Waals surface area (Å²) in [6, 6.07) is 3.65. The highest BCUT2D eigenvalue weighted by Crippen LogP contribution is 2.43. The predicted octanol–water partition coefficient (Wildman–Crippen LogP) is 3.81. The molecule has 0 N–H and O–H groups in total. The summed E-state index contributed by atoms with van der Waals surface area (Å²) in [4.78, 5) is 6.67. The van der Waals surface area contributed by atoms with E-state index in [1.54, 1.807) is 12.3 Å². The van der Waals surface area contributed by atoms with Crippen LogP contribution in [-0.2, 0) is 9.84 Å². The number of pyridine rings is 1. The summed E-state index contributed by atoms with van der Waals surface area (Å²) < 4.78 is 67.4. The Labute approximate surface area is 175 Å². The molecule has 2 saturated heterocycles. The normalized spacial score (nSPS) is 28.8. The second kappa shape index (κ2) is 8.30. The van der Waals surface area contributed by atoms with Crippen LogP contribution < -0.4 is 4.74 Å². The highest BCUT2D eigenvalue weighted by atomic mass is 32.2. The van der Waals surface area contributed by atoms with E-state index in [4.69, 9.17) is 4.74 Å². The van der Waals surface area contributed by atoms with Gasteiger partial charge in [-0.2, -0.15) is 13.2 Å². The van der Waals surface area contributed by atoms with Crippen LogP contribution >= 0.6 is 0 Å². The van der Waals surface area contributed by atoms with Crippen molar-refractivity contribution in [2.75, 3.05) is 37.7 Å². The molecule has 4 rings (SSSR count). The van der Waals surface area contributed by atoms with Gasteiger partial charge in [-0.3, -0.25) is 9.88 Å². The lowest BCUT2D eigenvalue weighted by Crippen LogP contribution is -2.54. The minimum Gasteiger partial charge on any atom is -0.492 e. The average Bonchev–Trinajstić information content (AvgIpc) is 2.68. The van der Waals surface area contributed by atoms with Crippen molar-refractivity contribution in [3.05, 3.63) is 24.0 Å². The topological polar surface area (TPSA) is 59.5 Å². The summed E-state index contributed by atoms with van der Waals surface area (Å²) in [5.41, 5.74) is 0.834. The Hall–Kier alpha value is -1.35. The van der Waals surface area contributed by atoms with E-state index in [1.165, 1.54) is 0 Å². The lowest BCUT2D eigenvalue weighted by atomic mass is 9.80. The number of piperidine rings is 1. The molecule has 1 aliphatic carbocycles. The van der Waals surface area contributed by atoms with Gasteiger partial charge in [0.25, 0.3) is 0 Å². The van der Waals surface area contributed by atoms with Crippen molar-refractivity contribution in [2.45, 2.75) is 50.6 Å². The molecule has 3 aliphatic rings. The van der Waals surface area contributed by atoms with E-state index >= 15 is 0 Å². The maximum atomic E-state index is 12.9. The zero-order valence-corrected chi connectivity index (χ0v) is 17.8. The van der Waals surface area contributed by atoms with Crippen molar-refractivity contribution in [3.63, 3.8) is 0 Å². The summed E-state index contributed by atoms with van der Waals surface area (Å²) in [5.74, 6) is 0.266. The minimum absolute atomic E-state index is 0.0152. The predicted molar refractivity (Wildman–Crippen MR) is 107 cm³/mol. The lowest BCUT2D eigenvalue weighted by Gasteiger charge is -2.47. The molecule has 0 amide bonds. The minimum atomic E-state index is -4.09. The molecule has 0 aromatic carbocycles. The third-order valence-electron chi connectivity index (χ3n) is 7.01. The van der Waals surface area contributed by atoms with Gasteiger partial charge in [-0.05, 0) is 57.7 Å². The van der Waals surface area contributed by atoms with Gasteiger partial charge in [0, 0.05) is 35.8 Å². The number of rotatable bonds is 5. The van der Waals surface area contributed by atoms with Gasteiger partial charge in [0.15, 0.2) is 9.84 Å². The molecule has 0 bridgehead atoms. The van der Waals surface area contributed by atoms with Crippen molar-refractivity contribution in [1.29, 1.82) is 0 Å². The molecule has 0 atom stereocenters. The number of nitrogens with zero attached hydrogens (tertiary/aromatic N) is 2. The molecule has 3 heterocycles. The Kier molecular flexibility index (Phi) is 6.05. The van der Waals surface area contributed by atoms with Crippen LogP contribution in [0.3, 0.4) is 0 Å². The van der Waals surface area contributed by atoms with E-state index in [0.29, 0.717) is 36.7 Å². The second-order valence-corrected chi connectivity index (χ2v) is 11.3. The number of likely N-dealkylation sites (tertiary alicyclic amines) is 1. The number of hydrogen-bond donors (Lipinski definition) is 0. The first-order valence-corrected chi connectivity index (χ1v) is 12.5. The molecular formula is C21H29F3N2O3S. The quantitative estimate of drug-likeness (QED) is 0.689. The Morgan fingerprint density at radius 3 is 2.40 bits per heavy atom. The first-order valence-electron chi connectivity index (χ1n) is 10.7. The van der Waals surface area contributed by atoms with Gasteiger partial charge in [0.2, 0.25) is 0 Å². The number of ether oxygens (including phenoxy) is 1. The average molecular weight is 447 g/mol. The van der Waals surface area contributed by atoms with Crippen LogP contribution in [0.5, 0.6) is 5.75 Å². The molecule has 30 heavy (non-hydrogen) atoms. The zero-order chi connectivity index (χ0) is 21.4. The maximum Gasteiger partial charge on any atom is 0.391 e. The molecule has 1 aromatic heterocycles. The number of sulfone groups is 1. The van der Waals surface area contributed by atoms with E-state index in [9.17, 15) is 21.6 Å². The van der Waals surface area contributed by atoms with E-state index in [1.807, 2.05) is 6.07 Å².